The molecule has 0 fully saturated rings. The van der Waals surface area contributed by atoms with E-state index in [1.54, 1.807) is 12.1 Å². The molecule has 0 saturated heterocycles. The van der Waals surface area contributed by atoms with Crippen molar-refractivity contribution in [1.29, 1.82) is 0 Å². The Labute approximate surface area is 135 Å². The zero-order chi connectivity index (χ0) is 17.2. The summed E-state index contributed by atoms with van der Waals surface area (Å²) in [4.78, 5) is 14.8. The lowest BCUT2D eigenvalue weighted by molar-refractivity contribution is -0.138. The highest BCUT2D eigenvalue weighted by molar-refractivity contribution is 7.80. The van der Waals surface area contributed by atoms with Crippen LogP contribution in [-0.2, 0) is 11.0 Å². The number of hydrogen-bond donors (Lipinski definition) is 3. The van der Waals surface area contributed by atoms with Gasteiger partial charge in [0.05, 0.1) is 5.56 Å². The Morgan fingerprint density at radius 3 is 2.26 bits per heavy atom. The number of halogens is 3. The van der Waals surface area contributed by atoms with Crippen LogP contribution in [-0.4, -0.2) is 10.9 Å². The predicted octanol–water partition coefficient (Wildman–Crippen LogP) is 2.84. The lowest BCUT2D eigenvalue weighted by Crippen LogP contribution is -2.15. The van der Waals surface area contributed by atoms with Crippen LogP contribution >= 0.6 is 12.6 Å². The number of hydrogen-bond acceptors (Lipinski definition) is 4. The number of aromatic nitrogens is 1. The summed E-state index contributed by atoms with van der Waals surface area (Å²) in [5, 5.41) is 0. The smallest absolute Gasteiger partial charge is 0.398 e. The molecule has 0 aliphatic rings. The quantitative estimate of drug-likeness (QED) is 0.594. The lowest BCUT2D eigenvalue weighted by atomic mass is 9.97. The molecule has 1 heterocycles. The van der Waals surface area contributed by atoms with Crippen molar-refractivity contribution in [3.8, 4) is 11.1 Å². The first-order valence-corrected chi connectivity index (χ1v) is 6.77. The third kappa shape index (κ3) is 3.65. The van der Waals surface area contributed by atoms with E-state index in [9.17, 15) is 18.0 Å². The standard InChI is InChI=1S/C15H12F3N3OS/c16-15(17,18)10-2-1-9(8-3-5-21-6-4-8)14(23)13(10)11(19)7-12(20)22/h1-7,23H,19H2,(H2,20,22)/b11-7-. The van der Waals surface area contributed by atoms with E-state index in [-0.39, 0.29) is 10.5 Å². The maximum atomic E-state index is 13.2. The molecule has 0 unspecified atom stereocenters. The van der Waals surface area contributed by atoms with Crippen molar-refractivity contribution in [3.63, 3.8) is 0 Å². The summed E-state index contributed by atoms with van der Waals surface area (Å²) in [6, 6.07) is 5.44. The number of primary amides is 1. The van der Waals surface area contributed by atoms with Crippen molar-refractivity contribution in [2.75, 3.05) is 0 Å². The Balaban J connectivity index is 2.76. The van der Waals surface area contributed by atoms with Crippen LogP contribution in [0.5, 0.6) is 0 Å². The van der Waals surface area contributed by atoms with Crippen molar-refractivity contribution in [1.82, 2.24) is 4.98 Å². The zero-order valence-electron chi connectivity index (χ0n) is 11.6. The molecule has 4 N–H and O–H groups in total. The molecule has 0 radical (unpaired) electrons. The van der Waals surface area contributed by atoms with Crippen molar-refractivity contribution in [3.05, 3.63) is 53.9 Å². The zero-order valence-corrected chi connectivity index (χ0v) is 12.5. The van der Waals surface area contributed by atoms with E-state index in [2.05, 4.69) is 17.6 Å². The number of thiol groups is 1. The molecule has 0 aliphatic heterocycles. The summed E-state index contributed by atoms with van der Waals surface area (Å²) in [7, 11) is 0. The van der Waals surface area contributed by atoms with Gasteiger partial charge in [-0.15, -0.1) is 12.6 Å². The Morgan fingerprint density at radius 1 is 1.13 bits per heavy atom. The minimum Gasteiger partial charge on any atom is -0.398 e. The molecule has 1 aromatic heterocycles. The average Bonchev–Trinajstić information content (AvgIpc) is 2.45. The number of alkyl halides is 3. The van der Waals surface area contributed by atoms with Crippen LogP contribution in [0.25, 0.3) is 16.8 Å². The Hall–Kier alpha value is -2.48. The third-order valence-corrected chi connectivity index (χ3v) is 3.53. The van der Waals surface area contributed by atoms with Gasteiger partial charge in [-0.05, 0) is 29.3 Å². The molecule has 23 heavy (non-hydrogen) atoms. The van der Waals surface area contributed by atoms with Crippen LogP contribution in [0.2, 0.25) is 0 Å². The third-order valence-electron chi connectivity index (χ3n) is 3.06. The molecular formula is C15H12F3N3OS. The summed E-state index contributed by atoms with van der Waals surface area (Å²) < 4.78 is 39.7. The van der Waals surface area contributed by atoms with Gasteiger partial charge in [0.2, 0.25) is 5.91 Å². The number of amides is 1. The molecule has 8 heteroatoms. The fourth-order valence-electron chi connectivity index (χ4n) is 2.11. The number of carbonyl (C=O) groups is 1. The normalized spacial score (nSPS) is 12.3. The maximum absolute atomic E-state index is 13.2. The number of rotatable bonds is 3. The first-order valence-electron chi connectivity index (χ1n) is 6.32. The molecule has 0 bridgehead atoms. The van der Waals surface area contributed by atoms with Crippen molar-refractivity contribution >= 4 is 24.2 Å². The second-order valence-electron chi connectivity index (χ2n) is 4.62. The number of benzene rings is 1. The Morgan fingerprint density at radius 2 is 1.74 bits per heavy atom. The molecule has 0 spiro atoms. The molecular weight excluding hydrogens is 327 g/mol. The van der Waals surface area contributed by atoms with Crippen LogP contribution in [0.1, 0.15) is 11.1 Å². The van der Waals surface area contributed by atoms with Crippen LogP contribution in [0.15, 0.2) is 47.6 Å². The van der Waals surface area contributed by atoms with Crippen molar-refractivity contribution in [2.45, 2.75) is 11.1 Å². The lowest BCUT2D eigenvalue weighted by Gasteiger charge is -2.18. The van der Waals surface area contributed by atoms with E-state index in [0.717, 1.165) is 12.1 Å². The van der Waals surface area contributed by atoms with Gasteiger partial charge in [0, 0.05) is 34.6 Å². The molecule has 2 rings (SSSR count). The minimum atomic E-state index is -4.65. The van der Waals surface area contributed by atoms with Crippen molar-refractivity contribution < 1.29 is 18.0 Å². The number of nitrogens with zero attached hydrogens (tertiary/aromatic N) is 1. The summed E-state index contributed by atoms with van der Waals surface area (Å²) in [5.74, 6) is -0.947. The molecule has 2 aromatic rings. The number of nitrogens with two attached hydrogens (primary N) is 2. The monoisotopic (exact) mass is 339 g/mol. The highest BCUT2D eigenvalue weighted by Gasteiger charge is 2.35. The van der Waals surface area contributed by atoms with Crippen LogP contribution in [0, 0.1) is 0 Å². The summed E-state index contributed by atoms with van der Waals surface area (Å²) >= 11 is 4.19. The molecule has 0 atom stereocenters. The highest BCUT2D eigenvalue weighted by Crippen LogP contribution is 2.40. The van der Waals surface area contributed by atoms with E-state index in [0.29, 0.717) is 11.1 Å². The largest absolute Gasteiger partial charge is 0.417 e. The maximum Gasteiger partial charge on any atom is 0.417 e. The molecule has 4 nitrogen and oxygen atoms in total. The topological polar surface area (TPSA) is 82.0 Å². The van der Waals surface area contributed by atoms with Gasteiger partial charge in [-0.2, -0.15) is 13.2 Å². The van der Waals surface area contributed by atoms with Crippen LogP contribution in [0.4, 0.5) is 13.2 Å². The van der Waals surface area contributed by atoms with Crippen LogP contribution in [0.3, 0.4) is 0 Å². The molecule has 120 valence electrons. The van der Waals surface area contributed by atoms with Gasteiger partial charge < -0.3 is 11.5 Å². The van der Waals surface area contributed by atoms with E-state index < -0.39 is 23.3 Å². The molecule has 1 amide bonds. The van der Waals surface area contributed by atoms with Gasteiger partial charge in [0.25, 0.3) is 0 Å². The van der Waals surface area contributed by atoms with E-state index >= 15 is 0 Å². The first kappa shape index (κ1) is 16.9. The first-order chi connectivity index (χ1) is 10.7. The van der Waals surface area contributed by atoms with Gasteiger partial charge in [0.1, 0.15) is 0 Å². The molecule has 1 aromatic carbocycles. The highest BCUT2D eigenvalue weighted by atomic mass is 32.1. The van der Waals surface area contributed by atoms with E-state index in [4.69, 9.17) is 11.5 Å². The van der Waals surface area contributed by atoms with Crippen molar-refractivity contribution in [2.24, 2.45) is 11.5 Å². The van der Waals surface area contributed by atoms with E-state index in [1.807, 2.05) is 0 Å². The van der Waals surface area contributed by atoms with Gasteiger partial charge in [-0.25, -0.2) is 0 Å². The predicted molar refractivity (Wildman–Crippen MR) is 83.3 cm³/mol. The van der Waals surface area contributed by atoms with Gasteiger partial charge in [-0.3, -0.25) is 9.78 Å². The van der Waals surface area contributed by atoms with Gasteiger partial charge in [0.15, 0.2) is 0 Å². The Bertz CT molecular complexity index is 774. The number of carbonyl (C=O) groups excluding carboxylic acids is 1. The molecule has 0 aliphatic carbocycles. The summed E-state index contributed by atoms with van der Waals surface area (Å²) in [6.45, 7) is 0. The summed E-state index contributed by atoms with van der Waals surface area (Å²) in [5.41, 5.74) is 9.90. The SMILES string of the molecule is NC(=O)/C=C(\N)c1c(C(F)(F)F)ccc(-c2ccncc2)c1S. The second-order valence-corrected chi connectivity index (χ2v) is 5.07. The minimum absolute atomic E-state index is 0.000949. The van der Waals surface area contributed by atoms with E-state index in [1.165, 1.54) is 18.5 Å². The second kappa shape index (κ2) is 6.33. The summed E-state index contributed by atoms with van der Waals surface area (Å²) in [6.07, 6.45) is -0.911. The Kier molecular flexibility index (Phi) is 4.65. The number of pyridine rings is 1. The fraction of sp³-hybridized carbons (Fsp3) is 0.0667. The van der Waals surface area contributed by atoms with Gasteiger partial charge >= 0.3 is 6.18 Å². The molecule has 0 saturated carbocycles. The average molecular weight is 339 g/mol. The van der Waals surface area contributed by atoms with Gasteiger partial charge in [-0.1, -0.05) is 6.07 Å². The van der Waals surface area contributed by atoms with Crippen LogP contribution < -0.4 is 11.5 Å². The fourth-order valence-corrected chi connectivity index (χ4v) is 2.56.